The molecule has 2 aromatic carbocycles. The molecular formula is C19H20BrNO5. The van der Waals surface area contributed by atoms with Gasteiger partial charge in [-0.15, -0.1) is 0 Å². The number of phenolic OH excluding ortho intramolecular Hbond substituents is 2. The van der Waals surface area contributed by atoms with Gasteiger partial charge in [0.15, 0.2) is 23.0 Å². The molecule has 0 radical (unpaired) electrons. The number of phenols is 2. The van der Waals surface area contributed by atoms with Crippen LogP contribution in [0.4, 0.5) is 0 Å². The number of aromatic hydroxyl groups is 2. The van der Waals surface area contributed by atoms with E-state index in [-0.39, 0.29) is 17.5 Å². The van der Waals surface area contributed by atoms with Crippen LogP contribution in [0.15, 0.2) is 28.7 Å². The van der Waals surface area contributed by atoms with E-state index >= 15 is 0 Å². The fourth-order valence-electron chi connectivity index (χ4n) is 3.40. The average molecular weight is 422 g/mol. The summed E-state index contributed by atoms with van der Waals surface area (Å²) in [5, 5.41) is 20.1. The van der Waals surface area contributed by atoms with Gasteiger partial charge in [-0.3, -0.25) is 4.79 Å². The van der Waals surface area contributed by atoms with Gasteiger partial charge in [0.05, 0.1) is 24.7 Å². The van der Waals surface area contributed by atoms with Crippen molar-refractivity contribution >= 4 is 22.3 Å². The molecular weight excluding hydrogens is 402 g/mol. The number of nitrogens with zero attached hydrogens (tertiary/aromatic N) is 1. The Hall–Kier alpha value is -2.41. The molecule has 1 heterocycles. The van der Waals surface area contributed by atoms with Crippen molar-refractivity contribution in [1.29, 1.82) is 0 Å². The first-order valence-corrected chi connectivity index (χ1v) is 8.94. The first-order chi connectivity index (χ1) is 12.5. The number of halogens is 1. The van der Waals surface area contributed by atoms with Crippen LogP contribution >= 0.6 is 15.9 Å². The summed E-state index contributed by atoms with van der Waals surface area (Å²) in [6, 6.07) is 6.62. The summed E-state index contributed by atoms with van der Waals surface area (Å²) in [7, 11) is 3.00. The monoisotopic (exact) mass is 421 g/mol. The van der Waals surface area contributed by atoms with E-state index in [0.29, 0.717) is 35.4 Å². The molecule has 0 fully saturated rings. The largest absolute Gasteiger partial charge is 0.504 e. The number of carbonyl (C=O) groups excluding carboxylic acids is 1. The highest BCUT2D eigenvalue weighted by atomic mass is 79.9. The highest BCUT2D eigenvalue weighted by molar-refractivity contribution is 9.10. The van der Waals surface area contributed by atoms with Crippen molar-refractivity contribution in [2.75, 3.05) is 20.8 Å². The van der Waals surface area contributed by atoms with E-state index in [1.807, 2.05) is 6.07 Å². The molecule has 138 valence electrons. The smallest absolute Gasteiger partial charge is 0.210 e. The molecule has 1 aliphatic heterocycles. The predicted molar refractivity (Wildman–Crippen MR) is 99.9 cm³/mol. The highest BCUT2D eigenvalue weighted by Gasteiger charge is 2.29. The second kappa shape index (κ2) is 7.45. The van der Waals surface area contributed by atoms with E-state index in [2.05, 4.69) is 15.9 Å². The summed E-state index contributed by atoms with van der Waals surface area (Å²) in [5.74, 6) is 0.872. The second-order valence-corrected chi connectivity index (χ2v) is 6.92. The molecule has 0 saturated heterocycles. The maximum atomic E-state index is 11.6. The summed E-state index contributed by atoms with van der Waals surface area (Å²) in [6.07, 6.45) is 2.04. The summed E-state index contributed by atoms with van der Waals surface area (Å²) < 4.78 is 11.1. The lowest BCUT2D eigenvalue weighted by atomic mass is 9.88. The summed E-state index contributed by atoms with van der Waals surface area (Å²) >= 11 is 3.48. The predicted octanol–water partition coefficient (Wildman–Crippen LogP) is 3.18. The lowest BCUT2D eigenvalue weighted by molar-refractivity contribution is -0.120. The molecule has 0 aromatic heterocycles. The van der Waals surface area contributed by atoms with Gasteiger partial charge >= 0.3 is 0 Å². The molecule has 1 aliphatic rings. The Morgan fingerprint density at radius 2 is 2.00 bits per heavy atom. The molecule has 0 spiro atoms. The lowest BCUT2D eigenvalue weighted by Crippen LogP contribution is -2.35. The Morgan fingerprint density at radius 1 is 1.23 bits per heavy atom. The van der Waals surface area contributed by atoms with Crippen LogP contribution in [0.25, 0.3) is 0 Å². The minimum atomic E-state index is -0.237. The quantitative estimate of drug-likeness (QED) is 0.724. The summed E-state index contributed by atoms with van der Waals surface area (Å²) in [6.45, 7) is 0.585. The number of amides is 1. The number of carbonyl (C=O) groups is 1. The Kier molecular flexibility index (Phi) is 5.27. The number of hydrogen-bond acceptors (Lipinski definition) is 5. The highest BCUT2D eigenvalue weighted by Crippen LogP contribution is 2.42. The maximum absolute atomic E-state index is 11.6. The van der Waals surface area contributed by atoms with Crippen LogP contribution in [-0.2, 0) is 17.6 Å². The van der Waals surface area contributed by atoms with Gasteiger partial charge in [-0.25, -0.2) is 0 Å². The molecule has 1 amide bonds. The third-order valence-corrected chi connectivity index (χ3v) is 5.62. The van der Waals surface area contributed by atoms with E-state index in [1.54, 1.807) is 23.1 Å². The van der Waals surface area contributed by atoms with Crippen molar-refractivity contribution in [2.24, 2.45) is 0 Å². The van der Waals surface area contributed by atoms with Gasteiger partial charge in [0.1, 0.15) is 0 Å². The van der Waals surface area contributed by atoms with Crippen LogP contribution in [-0.4, -0.2) is 42.3 Å². The minimum Gasteiger partial charge on any atom is -0.504 e. The number of fused-ring (bicyclic) bond motifs is 1. The fourth-order valence-corrected chi connectivity index (χ4v) is 4.06. The molecule has 1 atom stereocenters. The van der Waals surface area contributed by atoms with E-state index in [9.17, 15) is 15.0 Å². The van der Waals surface area contributed by atoms with Gasteiger partial charge in [-0.1, -0.05) is 6.07 Å². The third kappa shape index (κ3) is 3.19. The second-order valence-electron chi connectivity index (χ2n) is 6.13. The van der Waals surface area contributed by atoms with Crippen LogP contribution in [0.5, 0.6) is 23.0 Å². The first kappa shape index (κ1) is 18.4. The molecule has 26 heavy (non-hydrogen) atoms. The maximum Gasteiger partial charge on any atom is 0.210 e. The minimum absolute atomic E-state index is 0.0433. The molecule has 0 aliphatic carbocycles. The molecule has 7 heteroatoms. The van der Waals surface area contributed by atoms with Gasteiger partial charge in [0.2, 0.25) is 6.41 Å². The summed E-state index contributed by atoms with van der Waals surface area (Å²) in [4.78, 5) is 13.3. The van der Waals surface area contributed by atoms with Crippen molar-refractivity contribution in [3.8, 4) is 23.0 Å². The van der Waals surface area contributed by atoms with Gasteiger partial charge in [-0.05, 0) is 63.7 Å². The lowest BCUT2D eigenvalue weighted by Gasteiger charge is -2.35. The SMILES string of the molecule is COc1cc2c(cc1O)C(Cc1ccc(O)c(OC)c1Br)N(C=O)CC2. The average Bonchev–Trinajstić information content (AvgIpc) is 2.64. The van der Waals surface area contributed by atoms with E-state index in [0.717, 1.165) is 23.1 Å². The molecule has 0 saturated carbocycles. The van der Waals surface area contributed by atoms with Crippen LogP contribution in [0.3, 0.4) is 0 Å². The van der Waals surface area contributed by atoms with Crippen LogP contribution in [0, 0.1) is 0 Å². The number of ether oxygens (including phenoxy) is 2. The van der Waals surface area contributed by atoms with Gasteiger partial charge in [0.25, 0.3) is 0 Å². The first-order valence-electron chi connectivity index (χ1n) is 8.15. The van der Waals surface area contributed by atoms with Crippen LogP contribution in [0.2, 0.25) is 0 Å². The standard InChI is InChI=1S/C19H20BrNO5/c1-25-17-8-11-5-6-21(10-22)14(13(11)9-16(17)24)7-12-3-4-15(23)19(26-2)18(12)20/h3-4,8-10,14,23-24H,5-7H2,1-2H3. The van der Waals surface area contributed by atoms with Crippen LogP contribution in [0.1, 0.15) is 22.7 Å². The number of hydrogen-bond donors (Lipinski definition) is 2. The molecule has 0 bridgehead atoms. The van der Waals surface area contributed by atoms with E-state index < -0.39 is 0 Å². The third-order valence-electron chi connectivity index (χ3n) is 4.75. The number of benzene rings is 2. The van der Waals surface area contributed by atoms with Crippen LogP contribution < -0.4 is 9.47 Å². The number of methoxy groups -OCH3 is 2. The van der Waals surface area contributed by atoms with Crippen molar-refractivity contribution in [3.63, 3.8) is 0 Å². The Morgan fingerprint density at radius 3 is 2.65 bits per heavy atom. The van der Waals surface area contributed by atoms with E-state index in [1.165, 1.54) is 14.2 Å². The van der Waals surface area contributed by atoms with Gasteiger partial charge < -0.3 is 24.6 Å². The normalized spacial score (nSPS) is 16.1. The molecule has 3 rings (SSSR count). The zero-order valence-electron chi connectivity index (χ0n) is 14.5. The zero-order chi connectivity index (χ0) is 18.8. The van der Waals surface area contributed by atoms with Gasteiger partial charge in [-0.2, -0.15) is 0 Å². The summed E-state index contributed by atoms with van der Waals surface area (Å²) in [5.41, 5.74) is 2.82. The topological polar surface area (TPSA) is 79.2 Å². The molecule has 2 aromatic rings. The Labute approximate surface area is 160 Å². The van der Waals surface area contributed by atoms with Crippen molar-refractivity contribution in [2.45, 2.75) is 18.9 Å². The molecule has 1 unspecified atom stereocenters. The zero-order valence-corrected chi connectivity index (χ0v) is 16.1. The number of rotatable bonds is 5. The van der Waals surface area contributed by atoms with Crippen molar-refractivity contribution < 1.29 is 24.5 Å². The molecule has 6 nitrogen and oxygen atoms in total. The Balaban J connectivity index is 2.04. The molecule has 2 N–H and O–H groups in total. The van der Waals surface area contributed by atoms with Crippen molar-refractivity contribution in [3.05, 3.63) is 45.4 Å². The van der Waals surface area contributed by atoms with E-state index in [4.69, 9.17) is 9.47 Å². The Bertz CT molecular complexity index is 839. The van der Waals surface area contributed by atoms with Gasteiger partial charge in [0, 0.05) is 6.54 Å². The van der Waals surface area contributed by atoms with Crippen molar-refractivity contribution in [1.82, 2.24) is 4.90 Å². The fraction of sp³-hybridized carbons (Fsp3) is 0.316.